The topological polar surface area (TPSA) is 59.9 Å². The van der Waals surface area contributed by atoms with Crippen molar-refractivity contribution in [3.63, 3.8) is 0 Å². The van der Waals surface area contributed by atoms with Crippen LogP contribution in [0.4, 0.5) is 11.5 Å². The van der Waals surface area contributed by atoms with E-state index in [0.717, 1.165) is 28.5 Å². The summed E-state index contributed by atoms with van der Waals surface area (Å²) in [6.07, 6.45) is 4.95. The van der Waals surface area contributed by atoms with E-state index in [-0.39, 0.29) is 0 Å². The molecule has 0 aliphatic heterocycles. The van der Waals surface area contributed by atoms with Crippen LogP contribution in [-0.4, -0.2) is 22.1 Å². The lowest BCUT2D eigenvalue weighted by molar-refractivity contribution is 0.416. The van der Waals surface area contributed by atoms with E-state index in [4.69, 9.17) is 4.74 Å². The first-order valence-corrected chi connectivity index (χ1v) is 6.49. The van der Waals surface area contributed by atoms with Gasteiger partial charge in [0.1, 0.15) is 17.9 Å². The van der Waals surface area contributed by atoms with Gasteiger partial charge in [-0.1, -0.05) is 12.1 Å². The first-order valence-electron chi connectivity index (χ1n) is 6.49. The molecule has 0 saturated carbocycles. The predicted molar refractivity (Wildman–Crippen MR) is 81.5 cm³/mol. The zero-order chi connectivity index (χ0) is 14.5. The van der Waals surface area contributed by atoms with Gasteiger partial charge in [0.05, 0.1) is 12.8 Å². The molecule has 0 unspecified atom stereocenters. The maximum absolute atomic E-state index is 5.38. The molecule has 104 valence electrons. The molecule has 3 rings (SSSR count). The zero-order valence-electron chi connectivity index (χ0n) is 11.5. The molecule has 0 amide bonds. The fourth-order valence-corrected chi connectivity index (χ4v) is 2.02. The van der Waals surface area contributed by atoms with Crippen molar-refractivity contribution < 1.29 is 4.74 Å². The Morgan fingerprint density at radius 3 is 2.71 bits per heavy atom. The van der Waals surface area contributed by atoms with Gasteiger partial charge in [0.15, 0.2) is 0 Å². The molecule has 0 fully saturated rings. The number of hydrogen-bond donors (Lipinski definition) is 1. The average Bonchev–Trinajstić information content (AvgIpc) is 2.56. The summed E-state index contributed by atoms with van der Waals surface area (Å²) < 4.78 is 5.38. The third kappa shape index (κ3) is 2.97. The minimum absolute atomic E-state index is 0.738. The fraction of sp³-hybridized carbons (Fsp3) is 0.0625. The highest BCUT2D eigenvalue weighted by atomic mass is 16.5. The van der Waals surface area contributed by atoms with E-state index in [1.807, 2.05) is 42.5 Å². The van der Waals surface area contributed by atoms with E-state index in [2.05, 4.69) is 20.3 Å². The first-order chi connectivity index (χ1) is 10.4. The van der Waals surface area contributed by atoms with Crippen LogP contribution < -0.4 is 10.1 Å². The van der Waals surface area contributed by atoms with Gasteiger partial charge in [0, 0.05) is 23.6 Å². The quantitative estimate of drug-likeness (QED) is 0.793. The van der Waals surface area contributed by atoms with E-state index in [1.165, 1.54) is 6.33 Å². The fourth-order valence-electron chi connectivity index (χ4n) is 2.02. The summed E-state index contributed by atoms with van der Waals surface area (Å²) in [5.41, 5.74) is 2.70. The molecule has 0 bridgehead atoms. The second-order valence-corrected chi connectivity index (χ2v) is 4.35. The molecule has 0 aliphatic carbocycles. The molecule has 0 radical (unpaired) electrons. The average molecular weight is 278 g/mol. The third-order valence-electron chi connectivity index (χ3n) is 3.00. The van der Waals surface area contributed by atoms with Crippen molar-refractivity contribution in [1.82, 2.24) is 15.0 Å². The van der Waals surface area contributed by atoms with E-state index < -0.39 is 0 Å². The number of methoxy groups -OCH3 is 1. The van der Waals surface area contributed by atoms with Gasteiger partial charge in [-0.05, 0) is 30.3 Å². The summed E-state index contributed by atoms with van der Waals surface area (Å²) in [5.74, 6) is 1.53. The van der Waals surface area contributed by atoms with Crippen LogP contribution >= 0.6 is 0 Å². The molecule has 1 aromatic carbocycles. The van der Waals surface area contributed by atoms with Crippen LogP contribution in [-0.2, 0) is 0 Å². The Labute approximate surface area is 122 Å². The Morgan fingerprint density at radius 1 is 1.00 bits per heavy atom. The molecular formula is C16H14N4O. The van der Waals surface area contributed by atoms with Crippen LogP contribution in [0.25, 0.3) is 11.3 Å². The van der Waals surface area contributed by atoms with Gasteiger partial charge < -0.3 is 10.1 Å². The Balaban J connectivity index is 1.93. The van der Waals surface area contributed by atoms with Gasteiger partial charge in [-0.25, -0.2) is 9.97 Å². The number of nitrogens with one attached hydrogen (secondary N) is 1. The van der Waals surface area contributed by atoms with E-state index >= 15 is 0 Å². The highest BCUT2D eigenvalue weighted by molar-refractivity contribution is 5.71. The highest BCUT2D eigenvalue weighted by Crippen LogP contribution is 2.29. The van der Waals surface area contributed by atoms with Crippen LogP contribution in [0.3, 0.4) is 0 Å². The molecule has 2 heterocycles. The van der Waals surface area contributed by atoms with Gasteiger partial charge >= 0.3 is 0 Å². The van der Waals surface area contributed by atoms with Crippen LogP contribution in [0, 0.1) is 0 Å². The molecule has 3 aromatic rings. The Hall–Kier alpha value is -2.95. The summed E-state index contributed by atoms with van der Waals surface area (Å²) in [7, 11) is 1.65. The smallest absolute Gasteiger partial charge is 0.133 e. The van der Waals surface area contributed by atoms with Crippen LogP contribution in [0.1, 0.15) is 0 Å². The van der Waals surface area contributed by atoms with E-state index in [0.29, 0.717) is 0 Å². The molecule has 0 saturated heterocycles. The second kappa shape index (κ2) is 6.00. The molecule has 0 spiro atoms. The number of ether oxygens (including phenoxy) is 1. The van der Waals surface area contributed by atoms with Crippen LogP contribution in [0.15, 0.2) is 61.2 Å². The third-order valence-corrected chi connectivity index (χ3v) is 3.00. The van der Waals surface area contributed by atoms with Gasteiger partial charge in [0.2, 0.25) is 0 Å². The minimum Gasteiger partial charge on any atom is -0.496 e. The van der Waals surface area contributed by atoms with Gasteiger partial charge in [-0.15, -0.1) is 0 Å². The number of aromatic nitrogens is 3. The molecule has 5 nitrogen and oxygen atoms in total. The number of pyridine rings is 1. The van der Waals surface area contributed by atoms with Crippen molar-refractivity contribution in [1.29, 1.82) is 0 Å². The van der Waals surface area contributed by atoms with E-state index in [1.54, 1.807) is 19.5 Å². The lowest BCUT2D eigenvalue weighted by Crippen LogP contribution is -1.95. The Kier molecular flexibility index (Phi) is 3.73. The number of benzene rings is 1. The van der Waals surface area contributed by atoms with Gasteiger partial charge in [0.25, 0.3) is 0 Å². The normalized spacial score (nSPS) is 10.1. The number of hydrogen-bond acceptors (Lipinski definition) is 5. The zero-order valence-corrected chi connectivity index (χ0v) is 11.5. The lowest BCUT2D eigenvalue weighted by Gasteiger charge is -2.09. The number of rotatable bonds is 4. The number of para-hydroxylation sites is 1. The largest absolute Gasteiger partial charge is 0.496 e. The Bertz CT molecular complexity index is 731. The van der Waals surface area contributed by atoms with Gasteiger partial charge in [-0.3, -0.25) is 4.98 Å². The molecule has 0 aliphatic rings. The number of anilines is 2. The summed E-state index contributed by atoms with van der Waals surface area (Å²) in [6, 6.07) is 13.5. The van der Waals surface area contributed by atoms with Crippen LogP contribution in [0.5, 0.6) is 5.75 Å². The minimum atomic E-state index is 0.738. The van der Waals surface area contributed by atoms with Crippen molar-refractivity contribution in [2.45, 2.75) is 0 Å². The van der Waals surface area contributed by atoms with Crippen molar-refractivity contribution >= 4 is 11.5 Å². The SMILES string of the molecule is COc1ccccc1-c1cc(Nc2ccncn2)ccn1. The van der Waals surface area contributed by atoms with Crippen LogP contribution in [0.2, 0.25) is 0 Å². The molecular weight excluding hydrogens is 264 g/mol. The number of nitrogens with zero attached hydrogens (tertiary/aromatic N) is 3. The highest BCUT2D eigenvalue weighted by Gasteiger charge is 2.07. The maximum Gasteiger partial charge on any atom is 0.133 e. The van der Waals surface area contributed by atoms with Crippen molar-refractivity contribution in [2.24, 2.45) is 0 Å². The summed E-state index contributed by atoms with van der Waals surface area (Å²) in [6.45, 7) is 0. The summed E-state index contributed by atoms with van der Waals surface area (Å²) >= 11 is 0. The monoisotopic (exact) mass is 278 g/mol. The molecule has 21 heavy (non-hydrogen) atoms. The molecule has 1 N–H and O–H groups in total. The maximum atomic E-state index is 5.38. The summed E-state index contributed by atoms with van der Waals surface area (Å²) in [4.78, 5) is 12.4. The van der Waals surface area contributed by atoms with E-state index in [9.17, 15) is 0 Å². The predicted octanol–water partition coefficient (Wildman–Crippen LogP) is 3.29. The Morgan fingerprint density at radius 2 is 1.90 bits per heavy atom. The molecule has 2 aromatic heterocycles. The molecule has 0 atom stereocenters. The first kappa shape index (κ1) is 13.1. The standard InChI is InChI=1S/C16H14N4O/c1-21-15-5-3-2-4-13(15)14-10-12(6-9-18-14)20-16-7-8-17-11-19-16/h2-11H,1H3,(H,17,18,19,20). The lowest BCUT2D eigenvalue weighted by atomic mass is 10.1. The van der Waals surface area contributed by atoms with Gasteiger partial charge in [-0.2, -0.15) is 0 Å². The van der Waals surface area contributed by atoms with Crippen molar-refractivity contribution in [2.75, 3.05) is 12.4 Å². The molecule has 5 heteroatoms. The van der Waals surface area contributed by atoms with Crippen molar-refractivity contribution in [3.8, 4) is 17.0 Å². The summed E-state index contributed by atoms with van der Waals surface area (Å²) in [5, 5.41) is 3.22. The van der Waals surface area contributed by atoms with Crippen molar-refractivity contribution in [3.05, 3.63) is 61.2 Å². The second-order valence-electron chi connectivity index (χ2n) is 4.35.